The summed E-state index contributed by atoms with van der Waals surface area (Å²) in [7, 11) is 0. The number of amides is 2. The van der Waals surface area contributed by atoms with Gasteiger partial charge < -0.3 is 25.2 Å². The summed E-state index contributed by atoms with van der Waals surface area (Å²) in [6.45, 7) is 6.73. The summed E-state index contributed by atoms with van der Waals surface area (Å²) in [6, 6.07) is 13.1. The van der Waals surface area contributed by atoms with Gasteiger partial charge in [-0.25, -0.2) is 4.52 Å². The van der Waals surface area contributed by atoms with Crippen LogP contribution in [0, 0.1) is 18.8 Å². The fraction of sp³-hybridized carbons (Fsp3) is 0.514. The molecule has 8 rings (SSSR count). The Balaban J connectivity index is 1.15. The molecule has 4 atom stereocenters. The second-order valence-electron chi connectivity index (χ2n) is 13.8. The molecule has 4 aliphatic rings. The monoisotopic (exact) mass is 594 g/mol. The van der Waals surface area contributed by atoms with E-state index >= 15 is 0 Å². The Morgan fingerprint density at radius 3 is 2.55 bits per heavy atom. The number of rotatable bonds is 6. The topological polar surface area (TPSA) is 109 Å². The van der Waals surface area contributed by atoms with Crippen LogP contribution in [0.4, 0.5) is 0 Å². The van der Waals surface area contributed by atoms with Gasteiger partial charge in [-0.05, 0) is 93.9 Å². The van der Waals surface area contributed by atoms with Crippen molar-refractivity contribution in [1.82, 2.24) is 24.0 Å². The maximum absolute atomic E-state index is 13.6. The number of pyridine rings is 1. The average molecular weight is 595 g/mol. The van der Waals surface area contributed by atoms with E-state index in [0.717, 1.165) is 61.2 Å². The number of carbonyl (C=O) groups excluding carboxylic acids is 2. The van der Waals surface area contributed by atoms with Crippen LogP contribution in [0.1, 0.15) is 72.9 Å². The Bertz CT molecular complexity index is 1780. The molecule has 9 nitrogen and oxygen atoms in total. The molecular formula is C35H42N6O3. The fourth-order valence-corrected chi connectivity index (χ4v) is 8.29. The number of hydrogen-bond acceptors (Lipinski definition) is 5. The van der Waals surface area contributed by atoms with E-state index < -0.39 is 6.10 Å². The lowest BCUT2D eigenvalue weighted by Gasteiger charge is -2.33. The second-order valence-corrected chi connectivity index (χ2v) is 13.8. The molecule has 2 unspecified atom stereocenters. The summed E-state index contributed by atoms with van der Waals surface area (Å²) in [6.07, 6.45) is 7.33. The third-order valence-corrected chi connectivity index (χ3v) is 11.0. The first-order chi connectivity index (χ1) is 21.3. The molecule has 5 heterocycles. The Labute approximate surface area is 257 Å². The number of aliphatic hydroxyl groups excluding tert-OH is 1. The molecule has 2 saturated carbocycles. The number of carbonyl (C=O) groups is 2. The third-order valence-electron chi connectivity index (χ3n) is 11.0. The SMILES string of the molecule is Cc1c(-c2cc3cccc(C4CCN(C(=O)[C@@H](C)O)CC4)c3n2CC2CC2)nn2cc(C(=O)N3CC4CCC3[C@@H]4N)ccc12. The minimum absolute atomic E-state index is 0.0536. The van der Waals surface area contributed by atoms with E-state index in [1.807, 2.05) is 27.7 Å². The highest BCUT2D eigenvalue weighted by Gasteiger charge is 2.47. The van der Waals surface area contributed by atoms with E-state index in [-0.39, 0.29) is 23.9 Å². The molecule has 0 spiro atoms. The molecule has 1 aromatic carbocycles. The summed E-state index contributed by atoms with van der Waals surface area (Å²) >= 11 is 0. The van der Waals surface area contributed by atoms with Gasteiger partial charge in [0, 0.05) is 55.4 Å². The quantitative estimate of drug-likeness (QED) is 0.346. The lowest BCUT2D eigenvalue weighted by atomic mass is 9.88. The molecule has 230 valence electrons. The number of hydrogen-bond donors (Lipinski definition) is 2. The second kappa shape index (κ2) is 10.4. The van der Waals surface area contributed by atoms with Crippen molar-refractivity contribution in [3.63, 3.8) is 0 Å². The van der Waals surface area contributed by atoms with Crippen LogP contribution < -0.4 is 5.73 Å². The first-order valence-electron chi connectivity index (χ1n) is 16.4. The number of aryl methyl sites for hydroxylation is 1. The van der Waals surface area contributed by atoms with Crippen molar-refractivity contribution in [1.29, 1.82) is 0 Å². The first kappa shape index (κ1) is 27.8. The van der Waals surface area contributed by atoms with Crippen LogP contribution >= 0.6 is 0 Å². The number of nitrogens with two attached hydrogens (primary N) is 1. The Hall–Kier alpha value is -3.69. The fourth-order valence-electron chi connectivity index (χ4n) is 8.29. The predicted octanol–water partition coefficient (Wildman–Crippen LogP) is 4.32. The molecule has 2 bridgehead atoms. The number of fused-ring (bicyclic) bond motifs is 4. The minimum Gasteiger partial charge on any atom is -0.384 e. The van der Waals surface area contributed by atoms with Crippen molar-refractivity contribution < 1.29 is 14.7 Å². The highest BCUT2D eigenvalue weighted by Crippen LogP contribution is 2.41. The zero-order valence-electron chi connectivity index (χ0n) is 25.7. The zero-order valence-corrected chi connectivity index (χ0v) is 25.7. The zero-order chi connectivity index (χ0) is 30.3. The van der Waals surface area contributed by atoms with Crippen LogP contribution in [0.2, 0.25) is 0 Å². The molecule has 3 aromatic heterocycles. The largest absolute Gasteiger partial charge is 0.384 e. The van der Waals surface area contributed by atoms with Crippen molar-refractivity contribution in [3.8, 4) is 11.4 Å². The molecule has 4 fully saturated rings. The van der Waals surface area contributed by atoms with Crippen LogP contribution in [0.3, 0.4) is 0 Å². The lowest BCUT2D eigenvalue weighted by molar-refractivity contribution is -0.140. The van der Waals surface area contributed by atoms with E-state index in [9.17, 15) is 14.7 Å². The summed E-state index contributed by atoms with van der Waals surface area (Å²) < 4.78 is 4.39. The van der Waals surface area contributed by atoms with Crippen LogP contribution in [0.5, 0.6) is 0 Å². The molecule has 2 saturated heterocycles. The molecule has 2 aliphatic heterocycles. The summed E-state index contributed by atoms with van der Waals surface area (Å²) in [5.74, 6) is 1.32. The molecule has 2 amide bonds. The average Bonchev–Trinajstić information content (AvgIpc) is 3.43. The summed E-state index contributed by atoms with van der Waals surface area (Å²) in [4.78, 5) is 29.8. The smallest absolute Gasteiger partial charge is 0.255 e. The van der Waals surface area contributed by atoms with Crippen molar-refractivity contribution in [2.24, 2.45) is 17.6 Å². The highest BCUT2D eigenvalue weighted by atomic mass is 16.3. The number of piperidine rings is 2. The van der Waals surface area contributed by atoms with E-state index in [0.29, 0.717) is 36.4 Å². The molecular weight excluding hydrogens is 552 g/mol. The van der Waals surface area contributed by atoms with Gasteiger partial charge in [0.25, 0.3) is 11.8 Å². The van der Waals surface area contributed by atoms with Gasteiger partial charge in [0.05, 0.1) is 22.3 Å². The lowest BCUT2D eigenvalue weighted by Crippen LogP contribution is -2.42. The van der Waals surface area contributed by atoms with Crippen LogP contribution in [-0.4, -0.2) is 78.7 Å². The summed E-state index contributed by atoms with van der Waals surface area (Å²) in [5, 5.41) is 16.1. The first-order valence-corrected chi connectivity index (χ1v) is 16.4. The number of likely N-dealkylation sites (tertiary alicyclic amines) is 2. The molecule has 44 heavy (non-hydrogen) atoms. The maximum atomic E-state index is 13.6. The third kappa shape index (κ3) is 4.46. The number of nitrogens with zero attached hydrogens (tertiary/aromatic N) is 5. The van der Waals surface area contributed by atoms with Gasteiger partial charge in [0.1, 0.15) is 11.8 Å². The number of para-hydroxylation sites is 1. The molecule has 9 heteroatoms. The van der Waals surface area contributed by atoms with E-state index in [1.54, 1.807) is 11.8 Å². The van der Waals surface area contributed by atoms with E-state index in [1.165, 1.54) is 29.3 Å². The van der Waals surface area contributed by atoms with Gasteiger partial charge >= 0.3 is 0 Å². The van der Waals surface area contributed by atoms with Gasteiger partial charge in [-0.15, -0.1) is 0 Å². The molecule has 2 aliphatic carbocycles. The van der Waals surface area contributed by atoms with E-state index in [2.05, 4.69) is 35.8 Å². The van der Waals surface area contributed by atoms with Crippen LogP contribution in [0.15, 0.2) is 42.6 Å². The number of benzene rings is 1. The Morgan fingerprint density at radius 2 is 1.86 bits per heavy atom. The van der Waals surface area contributed by atoms with Crippen LogP contribution in [0.25, 0.3) is 27.8 Å². The van der Waals surface area contributed by atoms with Gasteiger partial charge in [-0.2, -0.15) is 5.10 Å². The Kier molecular flexibility index (Phi) is 6.61. The van der Waals surface area contributed by atoms with Crippen LogP contribution in [-0.2, 0) is 11.3 Å². The molecule has 4 aromatic rings. The minimum atomic E-state index is -0.954. The van der Waals surface area contributed by atoms with Crippen molar-refractivity contribution in [2.45, 2.75) is 83.0 Å². The van der Waals surface area contributed by atoms with Crippen molar-refractivity contribution >= 4 is 28.2 Å². The van der Waals surface area contributed by atoms with E-state index in [4.69, 9.17) is 10.8 Å². The highest BCUT2D eigenvalue weighted by molar-refractivity contribution is 5.95. The summed E-state index contributed by atoms with van der Waals surface area (Å²) in [5.41, 5.74) is 13.9. The van der Waals surface area contributed by atoms with Crippen molar-refractivity contribution in [2.75, 3.05) is 19.6 Å². The molecule has 0 radical (unpaired) electrons. The van der Waals surface area contributed by atoms with Gasteiger partial charge in [0.2, 0.25) is 0 Å². The molecule has 3 N–H and O–H groups in total. The predicted molar refractivity (Wildman–Crippen MR) is 169 cm³/mol. The number of aromatic nitrogens is 3. The standard InChI is InChI=1S/C35H42N6O3/c1-20-28-10-9-26(35(44)40-18-25-8-11-29(40)31(25)36)19-41(28)37-32(20)30-16-24-4-3-5-27(33(24)39(30)17-22-6-7-22)23-12-14-38(15-13-23)34(43)21(2)42/h3-5,9-10,16,19,21-23,25,29,31,42H,6-8,11-15,17-18,36H2,1-2H3/t21-,25?,29?,31-/m1/s1. The van der Waals surface area contributed by atoms with Crippen molar-refractivity contribution in [3.05, 3.63) is 59.3 Å². The van der Waals surface area contributed by atoms with Gasteiger partial charge in [0.15, 0.2) is 0 Å². The normalized spacial score (nSPS) is 24.6. The maximum Gasteiger partial charge on any atom is 0.255 e. The number of aliphatic hydroxyl groups is 1. The van der Waals surface area contributed by atoms with Gasteiger partial charge in [-0.3, -0.25) is 9.59 Å². The van der Waals surface area contributed by atoms with Gasteiger partial charge in [-0.1, -0.05) is 18.2 Å². The Morgan fingerprint density at radius 1 is 1.07 bits per heavy atom.